The maximum atomic E-state index is 12.0. The van der Waals surface area contributed by atoms with Gasteiger partial charge in [0.15, 0.2) is 5.13 Å². The van der Waals surface area contributed by atoms with Gasteiger partial charge in [-0.2, -0.15) is 0 Å². The van der Waals surface area contributed by atoms with Crippen molar-refractivity contribution in [3.8, 4) is 5.75 Å². The van der Waals surface area contributed by atoms with E-state index in [1.807, 2.05) is 25.1 Å². The smallest absolute Gasteiger partial charge is 0.324 e. The van der Waals surface area contributed by atoms with E-state index in [2.05, 4.69) is 10.3 Å². The predicted molar refractivity (Wildman–Crippen MR) is 78.5 cm³/mol. The van der Waals surface area contributed by atoms with Crippen molar-refractivity contribution in [1.82, 2.24) is 9.88 Å². The van der Waals surface area contributed by atoms with Crippen molar-refractivity contribution in [3.05, 3.63) is 18.2 Å². The lowest BCUT2D eigenvalue weighted by Crippen LogP contribution is -2.36. The van der Waals surface area contributed by atoms with Crippen molar-refractivity contribution < 1.29 is 14.3 Å². The number of fused-ring (bicyclic) bond motifs is 1. The summed E-state index contributed by atoms with van der Waals surface area (Å²) < 4.78 is 6.16. The average molecular weight is 293 g/mol. The number of hydrogen-bond donors (Lipinski definition) is 1. The van der Waals surface area contributed by atoms with Crippen molar-refractivity contribution in [2.75, 3.05) is 25.5 Å². The number of aldehydes is 1. The second-order valence-electron chi connectivity index (χ2n) is 3.96. The van der Waals surface area contributed by atoms with Gasteiger partial charge in [0.25, 0.3) is 0 Å². The Morgan fingerprint density at radius 1 is 1.55 bits per heavy atom. The number of para-hydroxylation sites is 1. The van der Waals surface area contributed by atoms with Crippen LogP contribution in [0.25, 0.3) is 10.2 Å². The molecule has 0 bridgehead atoms. The van der Waals surface area contributed by atoms with Gasteiger partial charge in [-0.3, -0.25) is 5.32 Å². The summed E-state index contributed by atoms with van der Waals surface area (Å²) in [6.45, 7) is 2.33. The van der Waals surface area contributed by atoms with Crippen LogP contribution in [-0.4, -0.2) is 42.4 Å². The SMILES string of the molecule is CCN(CC=O)C(=O)Nc1nc2c(OC)cccc2s1. The van der Waals surface area contributed by atoms with E-state index in [9.17, 15) is 9.59 Å². The summed E-state index contributed by atoms with van der Waals surface area (Å²) in [7, 11) is 1.58. The molecule has 0 unspecified atom stereocenters. The van der Waals surface area contributed by atoms with Gasteiger partial charge in [-0.15, -0.1) is 0 Å². The van der Waals surface area contributed by atoms with Gasteiger partial charge in [-0.25, -0.2) is 9.78 Å². The van der Waals surface area contributed by atoms with Crippen LogP contribution in [0.2, 0.25) is 0 Å². The Hall–Kier alpha value is -2.15. The highest BCUT2D eigenvalue weighted by Crippen LogP contribution is 2.32. The van der Waals surface area contributed by atoms with Crippen molar-refractivity contribution >= 4 is 39.0 Å². The molecule has 1 aromatic carbocycles. The number of thiazole rings is 1. The first-order valence-corrected chi connectivity index (χ1v) is 6.94. The topological polar surface area (TPSA) is 71.5 Å². The quantitative estimate of drug-likeness (QED) is 0.859. The van der Waals surface area contributed by atoms with Crippen LogP contribution in [0, 0.1) is 0 Å². The van der Waals surface area contributed by atoms with Gasteiger partial charge in [0.05, 0.1) is 18.4 Å². The molecule has 0 aliphatic heterocycles. The van der Waals surface area contributed by atoms with E-state index < -0.39 is 0 Å². The number of carbonyl (C=O) groups is 2. The zero-order chi connectivity index (χ0) is 14.5. The fraction of sp³-hybridized carbons (Fsp3) is 0.308. The number of nitrogens with one attached hydrogen (secondary N) is 1. The van der Waals surface area contributed by atoms with Gasteiger partial charge in [0, 0.05) is 6.54 Å². The van der Waals surface area contributed by atoms with Crippen LogP contribution in [0.15, 0.2) is 18.2 Å². The van der Waals surface area contributed by atoms with Crippen LogP contribution in [0.3, 0.4) is 0 Å². The molecular formula is C13H15N3O3S. The molecule has 2 amide bonds. The van der Waals surface area contributed by atoms with Crippen LogP contribution in [-0.2, 0) is 4.79 Å². The first-order valence-electron chi connectivity index (χ1n) is 6.12. The van der Waals surface area contributed by atoms with E-state index in [-0.39, 0.29) is 12.6 Å². The second kappa shape index (κ2) is 6.33. The van der Waals surface area contributed by atoms with Gasteiger partial charge >= 0.3 is 6.03 Å². The maximum Gasteiger partial charge on any atom is 0.324 e. The number of rotatable bonds is 5. The second-order valence-corrected chi connectivity index (χ2v) is 4.99. The van der Waals surface area contributed by atoms with E-state index in [0.717, 1.165) is 4.70 Å². The van der Waals surface area contributed by atoms with Gasteiger partial charge in [0.1, 0.15) is 17.6 Å². The molecule has 1 aromatic heterocycles. The first-order chi connectivity index (χ1) is 9.69. The molecule has 0 radical (unpaired) electrons. The molecule has 7 heteroatoms. The minimum Gasteiger partial charge on any atom is -0.494 e. The van der Waals surface area contributed by atoms with E-state index in [4.69, 9.17) is 4.74 Å². The summed E-state index contributed by atoms with van der Waals surface area (Å²) in [5.41, 5.74) is 0.716. The summed E-state index contributed by atoms with van der Waals surface area (Å²) in [5, 5.41) is 3.18. The number of hydrogen-bond acceptors (Lipinski definition) is 5. The Morgan fingerprint density at radius 2 is 2.35 bits per heavy atom. The van der Waals surface area contributed by atoms with E-state index in [0.29, 0.717) is 29.2 Å². The van der Waals surface area contributed by atoms with Gasteiger partial charge in [0.2, 0.25) is 0 Å². The van der Waals surface area contributed by atoms with Gasteiger partial charge in [-0.1, -0.05) is 17.4 Å². The molecule has 6 nitrogen and oxygen atoms in total. The highest BCUT2D eigenvalue weighted by atomic mass is 32.1. The molecule has 0 aliphatic carbocycles. The number of aromatic nitrogens is 1. The molecule has 0 fully saturated rings. The van der Waals surface area contributed by atoms with Crippen molar-refractivity contribution in [3.63, 3.8) is 0 Å². The Bertz CT molecular complexity index is 626. The molecule has 0 saturated carbocycles. The molecule has 2 aromatic rings. The number of amides is 2. The van der Waals surface area contributed by atoms with Gasteiger partial charge in [-0.05, 0) is 19.1 Å². The number of benzene rings is 1. The largest absolute Gasteiger partial charge is 0.494 e. The molecule has 0 atom stereocenters. The van der Waals surface area contributed by atoms with Crippen LogP contribution < -0.4 is 10.1 Å². The van der Waals surface area contributed by atoms with Gasteiger partial charge < -0.3 is 14.4 Å². The van der Waals surface area contributed by atoms with Crippen molar-refractivity contribution in [2.24, 2.45) is 0 Å². The zero-order valence-corrected chi connectivity index (χ0v) is 12.1. The van der Waals surface area contributed by atoms with E-state index >= 15 is 0 Å². The zero-order valence-electron chi connectivity index (χ0n) is 11.3. The lowest BCUT2D eigenvalue weighted by atomic mass is 10.3. The Kier molecular flexibility index (Phi) is 4.52. The fourth-order valence-corrected chi connectivity index (χ4v) is 2.63. The molecular weight excluding hydrogens is 278 g/mol. The summed E-state index contributed by atoms with van der Waals surface area (Å²) in [4.78, 5) is 28.2. The predicted octanol–water partition coefficient (Wildman–Crippen LogP) is 2.36. The molecule has 0 spiro atoms. The monoisotopic (exact) mass is 293 g/mol. The third kappa shape index (κ3) is 2.88. The first kappa shape index (κ1) is 14.3. The summed E-state index contributed by atoms with van der Waals surface area (Å²) in [5.74, 6) is 0.666. The number of anilines is 1. The minimum absolute atomic E-state index is 0.0660. The van der Waals surface area contributed by atoms with E-state index in [1.165, 1.54) is 16.2 Å². The average Bonchev–Trinajstić information content (AvgIpc) is 2.86. The fourth-order valence-electron chi connectivity index (χ4n) is 1.76. The highest BCUT2D eigenvalue weighted by molar-refractivity contribution is 7.22. The maximum absolute atomic E-state index is 12.0. The van der Waals surface area contributed by atoms with E-state index in [1.54, 1.807) is 7.11 Å². The number of urea groups is 1. The number of methoxy groups -OCH3 is 1. The van der Waals surface area contributed by atoms with Crippen molar-refractivity contribution in [2.45, 2.75) is 6.92 Å². The number of ether oxygens (including phenoxy) is 1. The Balaban J connectivity index is 2.21. The Labute approximate surface area is 120 Å². The van der Waals surface area contributed by atoms with Crippen LogP contribution >= 0.6 is 11.3 Å². The minimum atomic E-state index is -0.336. The van der Waals surface area contributed by atoms with Crippen LogP contribution in [0.5, 0.6) is 5.75 Å². The molecule has 2 rings (SSSR count). The molecule has 0 aliphatic rings. The molecule has 106 valence electrons. The number of carbonyl (C=O) groups excluding carboxylic acids is 2. The molecule has 20 heavy (non-hydrogen) atoms. The lowest BCUT2D eigenvalue weighted by molar-refractivity contribution is -0.108. The number of nitrogens with zero attached hydrogens (tertiary/aromatic N) is 2. The van der Waals surface area contributed by atoms with Crippen LogP contribution in [0.1, 0.15) is 6.92 Å². The van der Waals surface area contributed by atoms with Crippen LogP contribution in [0.4, 0.5) is 9.93 Å². The highest BCUT2D eigenvalue weighted by Gasteiger charge is 2.14. The third-order valence-electron chi connectivity index (χ3n) is 2.78. The number of likely N-dealkylation sites (N-methyl/N-ethyl adjacent to an activating group) is 1. The Morgan fingerprint density at radius 3 is 3.00 bits per heavy atom. The normalized spacial score (nSPS) is 10.3. The lowest BCUT2D eigenvalue weighted by Gasteiger charge is -2.17. The summed E-state index contributed by atoms with van der Waals surface area (Å²) in [6.07, 6.45) is 0.699. The molecule has 0 saturated heterocycles. The molecule has 1 N–H and O–H groups in total. The summed E-state index contributed by atoms with van der Waals surface area (Å²) >= 11 is 1.36. The third-order valence-corrected chi connectivity index (χ3v) is 3.72. The standard InChI is InChI=1S/C13H15N3O3S/c1-3-16(7-8-17)13(18)15-12-14-11-9(19-2)5-4-6-10(11)20-12/h4-6,8H,3,7H2,1-2H3,(H,14,15,18). The summed E-state index contributed by atoms with van der Waals surface area (Å²) in [6, 6.07) is 5.26. The molecule has 1 heterocycles. The van der Waals surface area contributed by atoms with Crippen molar-refractivity contribution in [1.29, 1.82) is 0 Å².